The van der Waals surface area contributed by atoms with Gasteiger partial charge in [0, 0.05) is 0 Å². The van der Waals surface area contributed by atoms with Crippen LogP contribution in [-0.4, -0.2) is 16.7 Å². The number of hydrogen-bond donors (Lipinski definition) is 1. The summed E-state index contributed by atoms with van der Waals surface area (Å²) in [5.74, 6) is 0.952. The van der Waals surface area contributed by atoms with Crippen molar-refractivity contribution in [3.05, 3.63) is 71.8 Å². The Morgan fingerprint density at radius 2 is 1.54 bits per heavy atom. The minimum absolute atomic E-state index is 0.408. The maximum Gasteiger partial charge on any atom is 0.345 e. The molecule has 2 aromatic carbocycles. The van der Waals surface area contributed by atoms with Crippen molar-refractivity contribution in [3.63, 3.8) is 0 Å². The molecule has 24 heavy (non-hydrogen) atoms. The van der Waals surface area contributed by atoms with E-state index in [1.165, 1.54) is 0 Å². The monoisotopic (exact) mass is 322 g/mol. The van der Waals surface area contributed by atoms with E-state index in [-0.39, 0.29) is 0 Å². The largest absolute Gasteiger partial charge is 0.458 e. The highest BCUT2D eigenvalue weighted by Crippen LogP contribution is 2.38. The topological polar surface area (TPSA) is 46.5 Å². The Morgan fingerprint density at radius 1 is 1.04 bits per heavy atom. The summed E-state index contributed by atoms with van der Waals surface area (Å²) >= 11 is 0. The molecule has 0 aliphatic heterocycles. The first-order valence-corrected chi connectivity index (χ1v) is 7.81. The van der Waals surface area contributed by atoms with Crippen LogP contribution in [0.25, 0.3) is 0 Å². The van der Waals surface area contributed by atoms with Gasteiger partial charge in [-0.1, -0.05) is 66.6 Å². The SMILES string of the molecule is C#C[C@H](c1ccccc1)[C@@](O)(C(=O)OC(C)(C)C)c1ccccc1. The quantitative estimate of drug-likeness (QED) is 0.690. The van der Waals surface area contributed by atoms with Gasteiger partial charge >= 0.3 is 5.97 Å². The Balaban J connectivity index is 2.59. The summed E-state index contributed by atoms with van der Waals surface area (Å²) in [7, 11) is 0. The highest BCUT2D eigenvalue weighted by molar-refractivity contribution is 5.83. The van der Waals surface area contributed by atoms with Gasteiger partial charge in [0.1, 0.15) is 5.60 Å². The molecule has 3 nitrogen and oxygen atoms in total. The van der Waals surface area contributed by atoms with Crippen LogP contribution in [0, 0.1) is 12.3 Å². The highest BCUT2D eigenvalue weighted by atomic mass is 16.6. The summed E-state index contributed by atoms with van der Waals surface area (Å²) in [6.45, 7) is 5.26. The third-order valence-electron chi connectivity index (χ3n) is 3.64. The smallest absolute Gasteiger partial charge is 0.345 e. The third kappa shape index (κ3) is 3.67. The molecule has 0 aliphatic carbocycles. The number of esters is 1. The van der Waals surface area contributed by atoms with Crippen molar-refractivity contribution in [2.75, 3.05) is 0 Å². The van der Waals surface area contributed by atoms with Crippen molar-refractivity contribution in [2.24, 2.45) is 0 Å². The van der Waals surface area contributed by atoms with Gasteiger partial charge in [0.15, 0.2) is 0 Å². The van der Waals surface area contributed by atoms with Gasteiger partial charge in [-0.3, -0.25) is 0 Å². The zero-order valence-corrected chi connectivity index (χ0v) is 14.2. The maximum absolute atomic E-state index is 12.9. The fourth-order valence-corrected chi connectivity index (χ4v) is 2.55. The van der Waals surface area contributed by atoms with Gasteiger partial charge in [-0.15, -0.1) is 6.42 Å². The van der Waals surface area contributed by atoms with E-state index in [1.54, 1.807) is 57.2 Å². The highest BCUT2D eigenvalue weighted by Gasteiger charge is 2.48. The van der Waals surface area contributed by atoms with E-state index in [2.05, 4.69) is 5.92 Å². The summed E-state index contributed by atoms with van der Waals surface area (Å²) in [4.78, 5) is 12.9. The van der Waals surface area contributed by atoms with Gasteiger partial charge < -0.3 is 9.84 Å². The molecule has 0 saturated carbocycles. The molecule has 124 valence electrons. The number of ether oxygens (including phenoxy) is 1. The lowest BCUT2D eigenvalue weighted by atomic mass is 9.77. The predicted molar refractivity (Wildman–Crippen MR) is 94.2 cm³/mol. The number of hydrogen-bond acceptors (Lipinski definition) is 3. The van der Waals surface area contributed by atoms with Crippen LogP contribution in [0.15, 0.2) is 60.7 Å². The minimum atomic E-state index is -1.97. The first-order valence-electron chi connectivity index (χ1n) is 7.81. The van der Waals surface area contributed by atoms with Crippen molar-refractivity contribution < 1.29 is 14.6 Å². The van der Waals surface area contributed by atoms with Crippen LogP contribution in [0.2, 0.25) is 0 Å². The molecular formula is C21H22O3. The van der Waals surface area contributed by atoms with Crippen molar-refractivity contribution in [2.45, 2.75) is 37.9 Å². The molecule has 0 amide bonds. The Morgan fingerprint density at radius 3 is 2.00 bits per heavy atom. The Labute approximate surface area is 143 Å². The van der Waals surface area contributed by atoms with Crippen molar-refractivity contribution in [1.29, 1.82) is 0 Å². The predicted octanol–water partition coefficient (Wildman–Crippen LogP) is 3.63. The fourth-order valence-electron chi connectivity index (χ4n) is 2.55. The van der Waals surface area contributed by atoms with E-state index in [9.17, 15) is 9.90 Å². The normalized spacial score (nSPS) is 15.0. The number of rotatable bonds is 4. The van der Waals surface area contributed by atoms with Gasteiger partial charge in [0.2, 0.25) is 5.60 Å². The van der Waals surface area contributed by atoms with Crippen LogP contribution < -0.4 is 0 Å². The van der Waals surface area contributed by atoms with Gasteiger partial charge in [0.05, 0.1) is 5.92 Å². The van der Waals surface area contributed by atoms with Crippen molar-refractivity contribution in [3.8, 4) is 12.3 Å². The summed E-state index contributed by atoms with van der Waals surface area (Å²) in [6.07, 6.45) is 5.71. The van der Waals surface area contributed by atoms with Gasteiger partial charge in [-0.2, -0.15) is 0 Å². The molecule has 2 aromatic rings. The number of benzene rings is 2. The lowest BCUT2D eigenvalue weighted by Crippen LogP contribution is -2.45. The first-order chi connectivity index (χ1) is 11.3. The van der Waals surface area contributed by atoms with Crippen LogP contribution in [-0.2, 0) is 15.1 Å². The number of carbonyl (C=O) groups excluding carboxylic acids is 1. The molecule has 0 saturated heterocycles. The summed E-state index contributed by atoms with van der Waals surface area (Å²) in [6, 6.07) is 17.8. The minimum Gasteiger partial charge on any atom is -0.458 e. The standard InChI is InChI=1S/C21H22O3/c1-5-18(16-12-8-6-9-13-16)21(23,17-14-10-7-11-15-17)19(22)24-20(2,3)4/h1,6-15,18,23H,2-4H3/t18-,21-/m1/s1. The maximum atomic E-state index is 12.9. The second-order valence-electron chi connectivity index (χ2n) is 6.64. The number of terminal acetylenes is 1. The lowest BCUT2D eigenvalue weighted by molar-refractivity contribution is -0.179. The average molecular weight is 322 g/mol. The fraction of sp³-hybridized carbons (Fsp3) is 0.286. The molecule has 0 radical (unpaired) electrons. The lowest BCUT2D eigenvalue weighted by Gasteiger charge is -2.34. The molecule has 0 aromatic heterocycles. The van der Waals surface area contributed by atoms with Gasteiger partial charge in [-0.25, -0.2) is 4.79 Å². The van der Waals surface area contributed by atoms with E-state index in [0.29, 0.717) is 11.1 Å². The third-order valence-corrected chi connectivity index (χ3v) is 3.64. The molecule has 0 fully saturated rings. The van der Waals surface area contributed by atoms with Crippen molar-refractivity contribution in [1.82, 2.24) is 0 Å². The van der Waals surface area contributed by atoms with Crippen molar-refractivity contribution >= 4 is 5.97 Å². The number of carbonyl (C=O) groups is 1. The summed E-state index contributed by atoms with van der Waals surface area (Å²) in [5, 5.41) is 11.4. The van der Waals surface area contributed by atoms with Crippen LogP contribution in [0.4, 0.5) is 0 Å². The number of aliphatic hydroxyl groups is 1. The van der Waals surface area contributed by atoms with Crippen LogP contribution >= 0.6 is 0 Å². The Bertz CT molecular complexity index is 723. The zero-order chi connectivity index (χ0) is 17.8. The molecule has 0 bridgehead atoms. The second kappa shape index (κ2) is 6.90. The van der Waals surface area contributed by atoms with E-state index >= 15 is 0 Å². The molecule has 0 aliphatic rings. The molecule has 0 unspecified atom stereocenters. The Hall–Kier alpha value is -2.57. The molecule has 2 rings (SSSR count). The van der Waals surface area contributed by atoms with Crippen LogP contribution in [0.3, 0.4) is 0 Å². The molecule has 0 spiro atoms. The van der Waals surface area contributed by atoms with Gasteiger partial charge in [0.25, 0.3) is 0 Å². The molecular weight excluding hydrogens is 300 g/mol. The first kappa shape index (κ1) is 17.8. The van der Waals surface area contributed by atoms with Crippen LogP contribution in [0.1, 0.15) is 37.8 Å². The molecule has 0 heterocycles. The average Bonchev–Trinajstić information content (AvgIpc) is 2.55. The van der Waals surface area contributed by atoms with E-state index in [4.69, 9.17) is 11.2 Å². The van der Waals surface area contributed by atoms with E-state index < -0.39 is 23.1 Å². The second-order valence-corrected chi connectivity index (χ2v) is 6.64. The Kier molecular flexibility index (Phi) is 5.11. The molecule has 3 heteroatoms. The summed E-state index contributed by atoms with van der Waals surface area (Å²) in [5.41, 5.74) is -1.62. The zero-order valence-electron chi connectivity index (χ0n) is 14.2. The van der Waals surface area contributed by atoms with Crippen LogP contribution in [0.5, 0.6) is 0 Å². The van der Waals surface area contributed by atoms with Gasteiger partial charge in [-0.05, 0) is 31.9 Å². The van der Waals surface area contributed by atoms with E-state index in [0.717, 1.165) is 0 Å². The summed E-state index contributed by atoms with van der Waals surface area (Å²) < 4.78 is 5.48. The molecule has 2 atom stereocenters. The molecule has 1 N–H and O–H groups in total. The van der Waals surface area contributed by atoms with E-state index in [1.807, 2.05) is 24.3 Å².